The van der Waals surface area contributed by atoms with E-state index in [2.05, 4.69) is 5.32 Å². The highest BCUT2D eigenvalue weighted by atomic mass is 19.1. The Hall–Kier alpha value is -2.40. The quantitative estimate of drug-likeness (QED) is 0.876. The fraction of sp³-hybridized carbons (Fsp3) is 0.435. The minimum absolute atomic E-state index is 0.000120. The van der Waals surface area contributed by atoms with Crippen molar-refractivity contribution in [2.24, 2.45) is 0 Å². The molecule has 5 heteroatoms. The highest BCUT2D eigenvalue weighted by molar-refractivity contribution is 5.79. The Morgan fingerprint density at radius 1 is 1.11 bits per heavy atom. The fourth-order valence-corrected chi connectivity index (χ4v) is 4.54. The Balaban J connectivity index is 1.53. The van der Waals surface area contributed by atoms with Crippen LogP contribution in [0.2, 0.25) is 0 Å². The molecule has 4 nitrogen and oxygen atoms in total. The van der Waals surface area contributed by atoms with E-state index in [0.717, 1.165) is 31.4 Å². The molecule has 2 aromatic carbocycles. The van der Waals surface area contributed by atoms with Crippen LogP contribution in [-0.4, -0.2) is 42.6 Å². The van der Waals surface area contributed by atoms with Crippen LogP contribution in [0, 0.1) is 5.82 Å². The minimum atomic E-state index is -0.225. The molecular formula is C23H27FN2O2. The lowest BCUT2D eigenvalue weighted by Gasteiger charge is -2.31. The molecule has 0 spiro atoms. The number of halogens is 1. The summed E-state index contributed by atoms with van der Waals surface area (Å²) in [6.45, 7) is 1.57. The summed E-state index contributed by atoms with van der Waals surface area (Å²) in [5.41, 5.74) is 0.961. The lowest BCUT2D eigenvalue weighted by Crippen LogP contribution is -2.47. The van der Waals surface area contributed by atoms with Crippen molar-refractivity contribution >= 4 is 5.91 Å². The summed E-state index contributed by atoms with van der Waals surface area (Å²) in [7, 11) is 0. The summed E-state index contributed by atoms with van der Waals surface area (Å²) < 4.78 is 19.5. The van der Waals surface area contributed by atoms with Gasteiger partial charge in [0.2, 0.25) is 0 Å². The molecule has 1 amide bonds. The van der Waals surface area contributed by atoms with Crippen molar-refractivity contribution in [3.05, 3.63) is 66.0 Å². The number of benzene rings is 2. The molecule has 2 aliphatic rings. The van der Waals surface area contributed by atoms with Crippen molar-refractivity contribution in [1.29, 1.82) is 0 Å². The highest BCUT2D eigenvalue weighted by Gasteiger charge is 2.44. The second-order valence-corrected chi connectivity index (χ2v) is 7.71. The van der Waals surface area contributed by atoms with Crippen LogP contribution in [0.25, 0.3) is 0 Å². The molecule has 0 unspecified atom stereocenters. The van der Waals surface area contributed by atoms with Crippen molar-refractivity contribution in [3.8, 4) is 5.75 Å². The Bertz CT molecular complexity index is 798. The summed E-state index contributed by atoms with van der Waals surface area (Å²) in [4.78, 5) is 15.0. The molecule has 28 heavy (non-hydrogen) atoms. The van der Waals surface area contributed by atoms with Crippen molar-refractivity contribution in [2.75, 3.05) is 19.7 Å². The van der Waals surface area contributed by atoms with E-state index in [4.69, 9.17) is 4.74 Å². The number of fused-ring (bicyclic) bond motifs is 1. The summed E-state index contributed by atoms with van der Waals surface area (Å²) in [5, 5.41) is 3.65. The van der Waals surface area contributed by atoms with Gasteiger partial charge in [-0.15, -0.1) is 0 Å². The number of amides is 1. The largest absolute Gasteiger partial charge is 0.484 e. The lowest BCUT2D eigenvalue weighted by atomic mass is 9.88. The van der Waals surface area contributed by atoms with E-state index >= 15 is 0 Å². The molecule has 148 valence electrons. The fourth-order valence-electron chi connectivity index (χ4n) is 4.54. The Morgan fingerprint density at radius 2 is 1.96 bits per heavy atom. The molecule has 2 aromatic rings. The van der Waals surface area contributed by atoms with Crippen molar-refractivity contribution in [2.45, 2.75) is 43.7 Å². The second-order valence-electron chi connectivity index (χ2n) is 7.71. The number of rotatable bonds is 4. The van der Waals surface area contributed by atoms with E-state index in [1.807, 2.05) is 41.3 Å². The summed E-state index contributed by atoms with van der Waals surface area (Å²) in [6.07, 6.45) is 4.40. The van der Waals surface area contributed by atoms with Gasteiger partial charge < -0.3 is 15.0 Å². The number of ether oxygens (including phenoxy) is 1. The molecule has 2 heterocycles. The Kier molecular flexibility index (Phi) is 5.91. The number of likely N-dealkylation sites (tertiary alicyclic amines) is 1. The Labute approximate surface area is 165 Å². The molecule has 2 saturated heterocycles. The monoisotopic (exact) mass is 382 g/mol. The summed E-state index contributed by atoms with van der Waals surface area (Å²) in [6, 6.07) is 16.5. The van der Waals surface area contributed by atoms with Crippen LogP contribution in [0.3, 0.4) is 0 Å². The van der Waals surface area contributed by atoms with E-state index in [9.17, 15) is 9.18 Å². The molecular weight excluding hydrogens is 355 g/mol. The zero-order valence-corrected chi connectivity index (χ0v) is 16.0. The number of para-hydroxylation sites is 1. The van der Waals surface area contributed by atoms with Gasteiger partial charge in [0.25, 0.3) is 5.91 Å². The number of hydrogen-bond acceptors (Lipinski definition) is 3. The van der Waals surface area contributed by atoms with Gasteiger partial charge in [-0.25, -0.2) is 4.39 Å². The van der Waals surface area contributed by atoms with Gasteiger partial charge in [-0.2, -0.15) is 0 Å². The van der Waals surface area contributed by atoms with Gasteiger partial charge >= 0.3 is 0 Å². The standard InChI is InChI=1S/C23H27FN2O2/c24-18-9-7-8-17(14-18)20-15-26(21-12-5-2-6-13-25-23(20)21)22(27)16-28-19-10-3-1-4-11-19/h1,3-4,7-11,14,20-21,23,25H,2,5-6,12-13,15-16H2/t20-,21+,23-/m0/s1. The molecule has 0 radical (unpaired) electrons. The van der Waals surface area contributed by atoms with Crippen LogP contribution in [0.15, 0.2) is 54.6 Å². The topological polar surface area (TPSA) is 41.6 Å². The number of nitrogens with one attached hydrogen (secondary N) is 1. The molecule has 0 bridgehead atoms. The number of carbonyl (C=O) groups is 1. The van der Waals surface area contributed by atoms with E-state index in [1.54, 1.807) is 12.1 Å². The smallest absolute Gasteiger partial charge is 0.260 e. The van der Waals surface area contributed by atoms with Crippen molar-refractivity contribution in [1.82, 2.24) is 10.2 Å². The first-order chi connectivity index (χ1) is 13.7. The molecule has 0 aromatic heterocycles. The van der Waals surface area contributed by atoms with Gasteiger partial charge in [0.05, 0.1) is 0 Å². The van der Waals surface area contributed by atoms with Crippen molar-refractivity contribution in [3.63, 3.8) is 0 Å². The first-order valence-corrected chi connectivity index (χ1v) is 10.2. The third-order valence-corrected chi connectivity index (χ3v) is 5.90. The first-order valence-electron chi connectivity index (χ1n) is 10.2. The molecule has 3 atom stereocenters. The predicted octanol–water partition coefficient (Wildman–Crippen LogP) is 3.73. The van der Waals surface area contributed by atoms with Gasteiger partial charge in [-0.3, -0.25) is 4.79 Å². The SMILES string of the molecule is O=C(COc1ccccc1)N1C[C@@H](c2cccc(F)c2)[C@@H]2NCCCCC[C@H]21. The van der Waals surface area contributed by atoms with E-state index in [1.165, 1.54) is 12.5 Å². The van der Waals surface area contributed by atoms with Crippen LogP contribution >= 0.6 is 0 Å². The lowest BCUT2D eigenvalue weighted by molar-refractivity contribution is -0.134. The molecule has 2 fully saturated rings. The van der Waals surface area contributed by atoms with E-state index in [-0.39, 0.29) is 36.3 Å². The maximum Gasteiger partial charge on any atom is 0.260 e. The van der Waals surface area contributed by atoms with Gasteiger partial charge in [0, 0.05) is 24.5 Å². The molecule has 0 saturated carbocycles. The maximum atomic E-state index is 13.8. The van der Waals surface area contributed by atoms with Gasteiger partial charge in [-0.05, 0) is 49.2 Å². The molecule has 4 rings (SSSR count). The molecule has 2 aliphatic heterocycles. The first kappa shape index (κ1) is 18.9. The zero-order chi connectivity index (χ0) is 19.3. The summed E-state index contributed by atoms with van der Waals surface area (Å²) >= 11 is 0. The second kappa shape index (κ2) is 8.74. The van der Waals surface area contributed by atoms with Crippen LogP contribution in [0.5, 0.6) is 5.75 Å². The van der Waals surface area contributed by atoms with Crippen LogP contribution in [-0.2, 0) is 4.79 Å². The number of nitrogens with zero attached hydrogens (tertiary/aromatic N) is 1. The van der Waals surface area contributed by atoms with Gasteiger partial charge in [-0.1, -0.05) is 43.2 Å². The third kappa shape index (κ3) is 4.20. The summed E-state index contributed by atoms with van der Waals surface area (Å²) in [5.74, 6) is 0.570. The van der Waals surface area contributed by atoms with E-state index < -0.39 is 0 Å². The van der Waals surface area contributed by atoms with Gasteiger partial charge in [0.15, 0.2) is 6.61 Å². The predicted molar refractivity (Wildman–Crippen MR) is 107 cm³/mol. The third-order valence-electron chi connectivity index (χ3n) is 5.90. The zero-order valence-electron chi connectivity index (χ0n) is 16.0. The van der Waals surface area contributed by atoms with Crippen molar-refractivity contribution < 1.29 is 13.9 Å². The van der Waals surface area contributed by atoms with Crippen LogP contribution in [0.4, 0.5) is 4.39 Å². The van der Waals surface area contributed by atoms with Crippen LogP contribution < -0.4 is 10.1 Å². The average molecular weight is 382 g/mol. The maximum absolute atomic E-state index is 13.8. The normalized spacial score (nSPS) is 24.9. The molecule has 0 aliphatic carbocycles. The average Bonchev–Trinajstić information content (AvgIpc) is 3.04. The highest BCUT2D eigenvalue weighted by Crippen LogP contribution is 2.36. The number of carbonyl (C=O) groups excluding carboxylic acids is 1. The Morgan fingerprint density at radius 3 is 2.79 bits per heavy atom. The van der Waals surface area contributed by atoms with E-state index in [0.29, 0.717) is 12.3 Å². The molecule has 1 N–H and O–H groups in total. The minimum Gasteiger partial charge on any atom is -0.484 e. The van der Waals surface area contributed by atoms with Gasteiger partial charge in [0.1, 0.15) is 11.6 Å². The number of hydrogen-bond donors (Lipinski definition) is 1. The van der Waals surface area contributed by atoms with Crippen LogP contribution in [0.1, 0.15) is 37.2 Å².